The molecule has 6 heteroatoms. The van der Waals surface area contributed by atoms with E-state index in [9.17, 15) is 9.59 Å². The molecule has 2 heterocycles. The van der Waals surface area contributed by atoms with E-state index in [0.29, 0.717) is 21.7 Å². The van der Waals surface area contributed by atoms with Crippen molar-refractivity contribution in [3.63, 3.8) is 0 Å². The lowest BCUT2D eigenvalue weighted by molar-refractivity contribution is -0.123. The average Bonchev–Trinajstić information content (AvgIpc) is 3.15. The number of carbonyl (C=O) groups excluding carboxylic acids is 2. The van der Waals surface area contributed by atoms with Crippen LogP contribution in [0.3, 0.4) is 0 Å². The number of imide groups is 1. The second-order valence-electron chi connectivity index (χ2n) is 7.95. The SMILES string of the molecule is CC(C)CC1NC(c2ccc(Cl)c(Cl)c2)C2C(=O)N(c3ccccc3)C(=O)C12. The molecule has 146 valence electrons. The Balaban J connectivity index is 1.75. The first kappa shape index (κ1) is 19.4. The number of halogens is 2. The number of hydrogen-bond acceptors (Lipinski definition) is 3. The summed E-state index contributed by atoms with van der Waals surface area (Å²) in [4.78, 5) is 28.0. The van der Waals surface area contributed by atoms with Crippen LogP contribution in [0.25, 0.3) is 0 Å². The Morgan fingerprint density at radius 3 is 2.29 bits per heavy atom. The molecular formula is C22H22Cl2N2O2. The van der Waals surface area contributed by atoms with E-state index in [1.165, 1.54) is 4.90 Å². The molecule has 0 bridgehead atoms. The van der Waals surface area contributed by atoms with E-state index in [1.807, 2.05) is 24.3 Å². The van der Waals surface area contributed by atoms with Crippen LogP contribution in [0.15, 0.2) is 48.5 Å². The molecule has 2 amide bonds. The Kier molecular flexibility index (Phi) is 5.21. The zero-order valence-corrected chi connectivity index (χ0v) is 17.2. The van der Waals surface area contributed by atoms with Crippen molar-refractivity contribution in [1.29, 1.82) is 0 Å². The second-order valence-corrected chi connectivity index (χ2v) is 8.77. The lowest BCUT2D eigenvalue weighted by Gasteiger charge is -2.23. The van der Waals surface area contributed by atoms with Crippen LogP contribution in [-0.2, 0) is 9.59 Å². The third kappa shape index (κ3) is 3.24. The molecule has 4 atom stereocenters. The third-order valence-corrected chi connectivity index (χ3v) is 6.37. The van der Waals surface area contributed by atoms with Crippen LogP contribution < -0.4 is 10.2 Å². The lowest BCUT2D eigenvalue weighted by atomic mass is 9.84. The predicted molar refractivity (Wildman–Crippen MR) is 111 cm³/mol. The summed E-state index contributed by atoms with van der Waals surface area (Å²) in [6.07, 6.45) is 0.820. The molecule has 2 aliphatic rings. The van der Waals surface area contributed by atoms with Gasteiger partial charge in [-0.3, -0.25) is 9.59 Å². The summed E-state index contributed by atoms with van der Waals surface area (Å²) >= 11 is 12.3. The number of carbonyl (C=O) groups is 2. The third-order valence-electron chi connectivity index (χ3n) is 5.63. The molecule has 0 radical (unpaired) electrons. The highest BCUT2D eigenvalue weighted by molar-refractivity contribution is 6.42. The quantitative estimate of drug-likeness (QED) is 0.723. The Labute approximate surface area is 174 Å². The van der Waals surface area contributed by atoms with E-state index in [0.717, 1.165) is 12.0 Å². The molecule has 2 aromatic carbocycles. The van der Waals surface area contributed by atoms with Gasteiger partial charge in [0.25, 0.3) is 0 Å². The minimum atomic E-state index is -0.450. The number of para-hydroxylation sites is 1. The second kappa shape index (κ2) is 7.51. The van der Waals surface area contributed by atoms with Gasteiger partial charge < -0.3 is 5.32 Å². The molecular weight excluding hydrogens is 395 g/mol. The Morgan fingerprint density at radius 1 is 0.964 bits per heavy atom. The maximum absolute atomic E-state index is 13.4. The highest BCUT2D eigenvalue weighted by Crippen LogP contribution is 2.47. The van der Waals surface area contributed by atoms with Gasteiger partial charge in [0.1, 0.15) is 0 Å². The standard InChI is InChI=1S/C22H22Cl2N2O2/c1-12(2)10-17-18-19(20(25-17)13-8-9-15(23)16(24)11-13)22(28)26(21(18)27)14-6-4-3-5-7-14/h3-9,11-12,17-20,25H,10H2,1-2H3. The summed E-state index contributed by atoms with van der Waals surface area (Å²) in [5.74, 6) is -0.708. The van der Waals surface area contributed by atoms with Gasteiger partial charge in [-0.2, -0.15) is 0 Å². The van der Waals surface area contributed by atoms with Crippen LogP contribution >= 0.6 is 23.2 Å². The molecule has 0 spiro atoms. The zero-order valence-electron chi connectivity index (χ0n) is 15.7. The van der Waals surface area contributed by atoms with Crippen LogP contribution in [0.1, 0.15) is 31.9 Å². The first-order valence-electron chi connectivity index (χ1n) is 9.52. The van der Waals surface area contributed by atoms with Gasteiger partial charge in [0.05, 0.1) is 27.6 Å². The molecule has 2 aromatic rings. The van der Waals surface area contributed by atoms with E-state index in [1.54, 1.807) is 24.3 Å². The van der Waals surface area contributed by atoms with E-state index in [2.05, 4.69) is 19.2 Å². The van der Waals surface area contributed by atoms with Crippen molar-refractivity contribution in [2.75, 3.05) is 4.90 Å². The smallest absolute Gasteiger partial charge is 0.239 e. The maximum Gasteiger partial charge on any atom is 0.239 e. The van der Waals surface area contributed by atoms with Crippen molar-refractivity contribution in [1.82, 2.24) is 5.32 Å². The largest absolute Gasteiger partial charge is 0.306 e. The van der Waals surface area contributed by atoms with Crippen LogP contribution in [0, 0.1) is 17.8 Å². The molecule has 0 saturated carbocycles. The van der Waals surface area contributed by atoms with Crippen LogP contribution in [0.5, 0.6) is 0 Å². The maximum atomic E-state index is 13.4. The normalized spacial score (nSPS) is 27.0. The summed E-state index contributed by atoms with van der Waals surface area (Å²) in [6.45, 7) is 4.25. The topological polar surface area (TPSA) is 49.4 Å². The summed E-state index contributed by atoms with van der Waals surface area (Å²) < 4.78 is 0. The van der Waals surface area contributed by atoms with Gasteiger partial charge in [-0.15, -0.1) is 0 Å². The van der Waals surface area contributed by atoms with E-state index >= 15 is 0 Å². The van der Waals surface area contributed by atoms with Crippen LogP contribution in [0.4, 0.5) is 5.69 Å². The Hall–Kier alpha value is -1.88. The number of benzene rings is 2. The number of hydrogen-bond donors (Lipinski definition) is 1. The monoisotopic (exact) mass is 416 g/mol. The summed E-state index contributed by atoms with van der Waals surface area (Å²) in [6, 6.07) is 14.2. The number of rotatable bonds is 4. The first-order chi connectivity index (χ1) is 13.4. The van der Waals surface area contributed by atoms with Crippen molar-refractivity contribution >= 4 is 40.7 Å². The van der Waals surface area contributed by atoms with Crippen LogP contribution in [0.2, 0.25) is 10.0 Å². The highest BCUT2D eigenvalue weighted by Gasteiger charge is 2.59. The summed E-state index contributed by atoms with van der Waals surface area (Å²) in [5.41, 5.74) is 1.51. The minimum absolute atomic E-state index is 0.0605. The Bertz CT molecular complexity index is 916. The molecule has 2 fully saturated rings. The van der Waals surface area contributed by atoms with Gasteiger partial charge in [-0.25, -0.2) is 4.90 Å². The summed E-state index contributed by atoms with van der Waals surface area (Å²) in [7, 11) is 0. The van der Waals surface area contributed by atoms with Crippen LogP contribution in [-0.4, -0.2) is 17.9 Å². The van der Waals surface area contributed by atoms with E-state index in [-0.39, 0.29) is 29.8 Å². The van der Waals surface area contributed by atoms with Crippen molar-refractivity contribution < 1.29 is 9.59 Å². The molecule has 2 aliphatic heterocycles. The number of nitrogens with zero attached hydrogens (tertiary/aromatic N) is 1. The predicted octanol–water partition coefficient (Wildman–Crippen LogP) is 4.86. The minimum Gasteiger partial charge on any atom is -0.306 e. The number of fused-ring (bicyclic) bond motifs is 1. The average molecular weight is 417 g/mol. The molecule has 0 aliphatic carbocycles. The van der Waals surface area contributed by atoms with Gasteiger partial charge >= 0.3 is 0 Å². The van der Waals surface area contributed by atoms with E-state index in [4.69, 9.17) is 23.2 Å². The summed E-state index contributed by atoms with van der Waals surface area (Å²) in [5, 5.41) is 4.47. The van der Waals surface area contributed by atoms with E-state index < -0.39 is 5.92 Å². The fourth-order valence-corrected chi connectivity index (χ4v) is 4.79. The van der Waals surface area contributed by atoms with Gasteiger partial charge in [0.15, 0.2) is 0 Å². The fraction of sp³-hybridized carbons (Fsp3) is 0.364. The first-order valence-corrected chi connectivity index (χ1v) is 10.3. The van der Waals surface area contributed by atoms with Crippen molar-refractivity contribution in [2.45, 2.75) is 32.4 Å². The van der Waals surface area contributed by atoms with Gasteiger partial charge in [-0.1, -0.05) is 61.3 Å². The van der Waals surface area contributed by atoms with Crippen molar-refractivity contribution in [3.8, 4) is 0 Å². The van der Waals surface area contributed by atoms with Gasteiger partial charge in [0, 0.05) is 12.1 Å². The molecule has 2 saturated heterocycles. The molecule has 0 aromatic heterocycles. The van der Waals surface area contributed by atoms with Crippen molar-refractivity contribution in [2.24, 2.45) is 17.8 Å². The molecule has 28 heavy (non-hydrogen) atoms. The lowest BCUT2D eigenvalue weighted by Crippen LogP contribution is -2.40. The Morgan fingerprint density at radius 2 is 1.64 bits per heavy atom. The van der Waals surface area contributed by atoms with Crippen molar-refractivity contribution in [3.05, 3.63) is 64.1 Å². The van der Waals surface area contributed by atoms with Gasteiger partial charge in [-0.05, 0) is 42.2 Å². The molecule has 4 unspecified atom stereocenters. The highest BCUT2D eigenvalue weighted by atomic mass is 35.5. The molecule has 4 nitrogen and oxygen atoms in total. The number of nitrogens with one attached hydrogen (secondary N) is 1. The zero-order chi connectivity index (χ0) is 20.0. The molecule has 4 rings (SSSR count). The fourth-order valence-electron chi connectivity index (χ4n) is 4.49. The number of anilines is 1. The number of amides is 2. The molecule has 1 N–H and O–H groups in total. The van der Waals surface area contributed by atoms with Gasteiger partial charge in [0.2, 0.25) is 11.8 Å².